The van der Waals surface area contributed by atoms with Crippen molar-refractivity contribution in [2.75, 3.05) is 13.7 Å². The molecule has 1 N–H and O–H groups in total. The summed E-state index contributed by atoms with van der Waals surface area (Å²) in [5, 5.41) is 2.92. The Balaban J connectivity index is 1.44. The summed E-state index contributed by atoms with van der Waals surface area (Å²) in [4.78, 5) is 36.8. The number of methoxy groups -OCH3 is 1. The molecule has 1 saturated carbocycles. The third-order valence-electron chi connectivity index (χ3n) is 6.41. The van der Waals surface area contributed by atoms with E-state index in [2.05, 4.69) is 15.3 Å². The fourth-order valence-corrected chi connectivity index (χ4v) is 4.69. The van der Waals surface area contributed by atoms with Crippen LogP contribution in [0.5, 0.6) is 5.75 Å². The van der Waals surface area contributed by atoms with Crippen molar-refractivity contribution >= 4 is 11.8 Å². The van der Waals surface area contributed by atoms with E-state index in [1.807, 2.05) is 36.1 Å². The molecule has 1 aromatic carbocycles. The van der Waals surface area contributed by atoms with Crippen LogP contribution in [0.3, 0.4) is 0 Å². The Bertz CT molecular complexity index is 956. The van der Waals surface area contributed by atoms with Gasteiger partial charge in [-0.1, -0.05) is 31.0 Å². The van der Waals surface area contributed by atoms with Gasteiger partial charge in [-0.05, 0) is 38.7 Å². The van der Waals surface area contributed by atoms with Crippen molar-refractivity contribution in [1.82, 2.24) is 20.2 Å². The Kier molecular flexibility index (Phi) is 6.49. The molecule has 31 heavy (non-hydrogen) atoms. The number of aromatic nitrogens is 2. The molecule has 2 amide bonds. The topological polar surface area (TPSA) is 84.4 Å². The molecule has 0 spiro atoms. The first-order chi connectivity index (χ1) is 15.1. The van der Waals surface area contributed by atoms with E-state index in [-0.39, 0.29) is 23.8 Å². The van der Waals surface area contributed by atoms with E-state index in [4.69, 9.17) is 4.74 Å². The van der Waals surface area contributed by atoms with Gasteiger partial charge in [-0.3, -0.25) is 9.59 Å². The third kappa shape index (κ3) is 4.55. The Labute approximate surface area is 183 Å². The summed E-state index contributed by atoms with van der Waals surface area (Å²) in [6.45, 7) is 2.95. The molecule has 164 valence electrons. The van der Waals surface area contributed by atoms with Gasteiger partial charge in [-0.15, -0.1) is 0 Å². The number of ether oxygens (including phenoxy) is 1. The second-order valence-corrected chi connectivity index (χ2v) is 8.39. The summed E-state index contributed by atoms with van der Waals surface area (Å²) < 4.78 is 5.34. The highest BCUT2D eigenvalue weighted by molar-refractivity contribution is 5.94. The van der Waals surface area contributed by atoms with Gasteiger partial charge in [0.25, 0.3) is 5.91 Å². The maximum Gasteiger partial charge on any atom is 0.254 e. The van der Waals surface area contributed by atoms with Crippen molar-refractivity contribution in [3.05, 3.63) is 53.1 Å². The first-order valence-electron chi connectivity index (χ1n) is 11.1. The van der Waals surface area contributed by atoms with E-state index in [0.717, 1.165) is 56.4 Å². The summed E-state index contributed by atoms with van der Waals surface area (Å²) in [5.41, 5.74) is 1.98. The number of nitrogens with zero attached hydrogens (tertiary/aromatic N) is 3. The monoisotopic (exact) mass is 422 g/mol. The molecule has 2 aliphatic rings. The normalized spacial score (nSPS) is 18.9. The van der Waals surface area contributed by atoms with Crippen molar-refractivity contribution in [2.45, 2.75) is 58.0 Å². The molecule has 2 fully saturated rings. The molecule has 1 aromatic heterocycles. The number of carbonyl (C=O) groups is 2. The summed E-state index contributed by atoms with van der Waals surface area (Å²) in [5.74, 6) is 1.56. The van der Waals surface area contributed by atoms with Crippen LogP contribution in [0.25, 0.3) is 0 Å². The maximum atomic E-state index is 13.0. The molecule has 1 atom stereocenters. The number of carbonyl (C=O) groups excluding carboxylic acids is 2. The predicted molar refractivity (Wildman–Crippen MR) is 117 cm³/mol. The smallest absolute Gasteiger partial charge is 0.254 e. The van der Waals surface area contributed by atoms with Gasteiger partial charge in [0, 0.05) is 30.8 Å². The van der Waals surface area contributed by atoms with E-state index in [0.29, 0.717) is 23.6 Å². The van der Waals surface area contributed by atoms with Crippen molar-refractivity contribution in [3.63, 3.8) is 0 Å². The number of hydrogen-bond acceptors (Lipinski definition) is 5. The fourth-order valence-electron chi connectivity index (χ4n) is 4.69. The lowest BCUT2D eigenvalue weighted by Crippen LogP contribution is -2.35. The van der Waals surface area contributed by atoms with Gasteiger partial charge in [0.05, 0.1) is 24.4 Å². The molecule has 1 aliphatic heterocycles. The summed E-state index contributed by atoms with van der Waals surface area (Å²) >= 11 is 0. The van der Waals surface area contributed by atoms with Crippen LogP contribution in [0.15, 0.2) is 30.5 Å². The first kappa shape index (κ1) is 21.3. The number of hydrogen-bond donors (Lipinski definition) is 1. The van der Waals surface area contributed by atoms with Gasteiger partial charge in [0.2, 0.25) is 5.91 Å². The number of amides is 2. The zero-order chi connectivity index (χ0) is 21.8. The van der Waals surface area contributed by atoms with Gasteiger partial charge in [-0.25, -0.2) is 9.97 Å². The van der Waals surface area contributed by atoms with Gasteiger partial charge in [0.15, 0.2) is 5.82 Å². The largest absolute Gasteiger partial charge is 0.496 e. The number of benzene rings is 1. The molecule has 7 nitrogen and oxygen atoms in total. The molecule has 0 radical (unpaired) electrons. The summed E-state index contributed by atoms with van der Waals surface area (Å²) in [7, 11) is 1.61. The van der Waals surface area contributed by atoms with E-state index in [1.165, 1.54) is 0 Å². The highest BCUT2D eigenvalue weighted by Crippen LogP contribution is 2.35. The van der Waals surface area contributed by atoms with Crippen LogP contribution < -0.4 is 10.1 Å². The van der Waals surface area contributed by atoms with Crippen LogP contribution in [0.2, 0.25) is 0 Å². The van der Waals surface area contributed by atoms with E-state index < -0.39 is 0 Å². The minimum absolute atomic E-state index is 0.0857. The lowest BCUT2D eigenvalue weighted by Gasteiger charge is -2.26. The van der Waals surface area contributed by atoms with Gasteiger partial charge < -0.3 is 15.0 Å². The lowest BCUT2D eigenvalue weighted by atomic mass is 10.1. The third-order valence-corrected chi connectivity index (χ3v) is 6.41. The molecule has 4 rings (SSSR count). The highest BCUT2D eigenvalue weighted by Gasteiger charge is 2.36. The van der Waals surface area contributed by atoms with Crippen molar-refractivity contribution in [3.8, 4) is 5.75 Å². The standard InChI is InChI=1S/C24H30N4O3/c1-16-19(23(29)26-14-18-10-5-6-12-21(18)31-2)15-25-22(27-16)20-11-7-13-28(20)24(30)17-8-3-4-9-17/h5-6,10,12,15,17,20H,3-4,7-9,11,13-14H2,1-2H3,(H,26,29). The molecule has 1 unspecified atom stereocenters. The van der Waals surface area contributed by atoms with Crippen LogP contribution in [0.1, 0.15) is 72.0 Å². The van der Waals surface area contributed by atoms with Crippen molar-refractivity contribution in [1.29, 1.82) is 0 Å². The minimum Gasteiger partial charge on any atom is -0.496 e. The average Bonchev–Trinajstić information content (AvgIpc) is 3.49. The second-order valence-electron chi connectivity index (χ2n) is 8.39. The number of aryl methyl sites for hydroxylation is 1. The molecular weight excluding hydrogens is 392 g/mol. The van der Waals surface area contributed by atoms with Crippen LogP contribution in [0, 0.1) is 12.8 Å². The average molecular weight is 423 g/mol. The lowest BCUT2D eigenvalue weighted by molar-refractivity contribution is -0.136. The highest BCUT2D eigenvalue weighted by atomic mass is 16.5. The van der Waals surface area contributed by atoms with Crippen LogP contribution in [-0.2, 0) is 11.3 Å². The van der Waals surface area contributed by atoms with Crippen molar-refractivity contribution in [2.24, 2.45) is 5.92 Å². The second kappa shape index (κ2) is 9.45. The summed E-state index contributed by atoms with van der Waals surface area (Å²) in [6, 6.07) is 7.50. The number of likely N-dealkylation sites (tertiary alicyclic amines) is 1. The number of para-hydroxylation sites is 1. The molecule has 7 heteroatoms. The zero-order valence-corrected chi connectivity index (χ0v) is 18.3. The Morgan fingerprint density at radius 3 is 2.68 bits per heavy atom. The van der Waals surface area contributed by atoms with Gasteiger partial charge >= 0.3 is 0 Å². The number of nitrogens with one attached hydrogen (secondary N) is 1. The van der Waals surface area contributed by atoms with Crippen LogP contribution in [-0.4, -0.2) is 40.3 Å². The molecule has 2 aromatic rings. The first-order valence-corrected chi connectivity index (χ1v) is 11.1. The number of rotatable bonds is 6. The summed E-state index contributed by atoms with van der Waals surface area (Å²) in [6.07, 6.45) is 7.70. The maximum absolute atomic E-state index is 13.0. The molecule has 1 saturated heterocycles. The minimum atomic E-state index is -0.222. The SMILES string of the molecule is COc1ccccc1CNC(=O)c1cnc(C2CCCN2C(=O)C2CCCC2)nc1C. The Morgan fingerprint density at radius 2 is 1.94 bits per heavy atom. The quantitative estimate of drug-likeness (QED) is 0.769. The molecule has 0 bridgehead atoms. The molecular formula is C24H30N4O3. The fraction of sp³-hybridized carbons (Fsp3) is 0.500. The van der Waals surface area contributed by atoms with E-state index >= 15 is 0 Å². The predicted octanol–water partition coefficient (Wildman–Crippen LogP) is 3.58. The molecule has 2 heterocycles. The Morgan fingerprint density at radius 1 is 1.16 bits per heavy atom. The van der Waals surface area contributed by atoms with Gasteiger partial charge in [0.1, 0.15) is 5.75 Å². The van der Waals surface area contributed by atoms with Crippen molar-refractivity contribution < 1.29 is 14.3 Å². The zero-order valence-electron chi connectivity index (χ0n) is 18.3. The van der Waals surface area contributed by atoms with Crippen LogP contribution >= 0.6 is 0 Å². The molecule has 1 aliphatic carbocycles. The van der Waals surface area contributed by atoms with Gasteiger partial charge in [-0.2, -0.15) is 0 Å². The Hall–Kier alpha value is -2.96. The van der Waals surface area contributed by atoms with Crippen LogP contribution in [0.4, 0.5) is 0 Å². The van der Waals surface area contributed by atoms with E-state index in [1.54, 1.807) is 13.3 Å². The van der Waals surface area contributed by atoms with E-state index in [9.17, 15) is 9.59 Å².